The van der Waals surface area contributed by atoms with Gasteiger partial charge >= 0.3 is 6.09 Å². The molecule has 5 aromatic rings. The van der Waals surface area contributed by atoms with E-state index in [1.54, 1.807) is 9.80 Å². The van der Waals surface area contributed by atoms with Gasteiger partial charge < -0.3 is 24.8 Å². The average molecular weight is 1000 g/mol. The molecule has 4 aliphatic heterocycles. The molecular formula is C65H72N5O5+. The summed E-state index contributed by atoms with van der Waals surface area (Å²) in [6, 6.07) is 31.1. The Morgan fingerprint density at radius 1 is 0.813 bits per heavy atom. The van der Waals surface area contributed by atoms with Gasteiger partial charge in [0, 0.05) is 97.8 Å². The molecule has 1 atom stereocenters. The van der Waals surface area contributed by atoms with Crippen LogP contribution in [0.4, 0.5) is 16.2 Å². The molecule has 3 amide bonds. The highest BCUT2D eigenvalue weighted by Gasteiger charge is 2.38. The summed E-state index contributed by atoms with van der Waals surface area (Å²) in [5, 5.41) is 5.47. The minimum atomic E-state index is -0.627. The third-order valence-electron chi connectivity index (χ3n) is 16.4. The number of nitrogens with one attached hydrogen (secondary N) is 1. The summed E-state index contributed by atoms with van der Waals surface area (Å²) in [4.78, 5) is 60.1. The second kappa shape index (κ2) is 21.9. The molecule has 0 fully saturated rings. The lowest BCUT2D eigenvalue weighted by Gasteiger charge is -2.47. The fourth-order valence-electron chi connectivity index (χ4n) is 12.8. The van der Waals surface area contributed by atoms with Crippen molar-refractivity contribution in [1.29, 1.82) is 0 Å². The number of para-hydroxylation sites is 1. The lowest BCUT2D eigenvalue weighted by Crippen LogP contribution is -2.48. The van der Waals surface area contributed by atoms with Crippen LogP contribution in [0, 0.1) is 11.8 Å². The first-order valence-electron chi connectivity index (χ1n) is 27.5. The first kappa shape index (κ1) is 51.2. The van der Waals surface area contributed by atoms with Gasteiger partial charge in [-0.1, -0.05) is 73.9 Å². The molecule has 386 valence electrons. The number of Topliss-reactive ketones (excluding diaryl/α,β-unsaturated/α-hetero) is 1. The number of nitrogens with zero attached hydrogens (tertiary/aromatic N) is 4. The molecule has 0 aromatic heterocycles. The Balaban J connectivity index is 0.743. The number of rotatable bonds is 16. The van der Waals surface area contributed by atoms with E-state index < -0.39 is 6.09 Å². The summed E-state index contributed by atoms with van der Waals surface area (Å²) < 4.78 is 8.06. The second-order valence-corrected chi connectivity index (χ2v) is 22.0. The van der Waals surface area contributed by atoms with E-state index in [9.17, 15) is 19.2 Å². The molecule has 0 saturated carbocycles. The minimum Gasteiger partial charge on any atom is -0.445 e. The topological polar surface area (TPSA) is 102 Å². The molecule has 1 aliphatic carbocycles. The van der Waals surface area contributed by atoms with Crippen molar-refractivity contribution in [3.05, 3.63) is 175 Å². The lowest BCUT2D eigenvalue weighted by atomic mass is 9.74. The standard InChI is InChI=1S/C65H71N5O5/c1-7-70-59-38-49-37-56-52-27-17-35-68-34-15-22-47(62(52)68)36-57(56)61(55(49)39-54(59)44(3)40-65(70,4)5)51-25-11-12-26-53(51)63(73)67(6)33-16-24-50(71)23-14-18-43(2)42-75-64(74)66-32-31-60(72)69-41-48-21-9-8-19-45(48)29-30-46-20-10-13-28-58(46)69/h8-13,19-21,25-26,28,36,38-39,44H,2,7,14-18,22-24,27,31-35,37,40-42H2,1,3-6H3/p+1. The zero-order valence-electron chi connectivity index (χ0n) is 44.7. The van der Waals surface area contributed by atoms with Crippen molar-refractivity contribution in [2.75, 3.05) is 56.2 Å². The first-order chi connectivity index (χ1) is 36.3. The first-order valence-corrected chi connectivity index (χ1v) is 27.5. The molecule has 0 spiro atoms. The summed E-state index contributed by atoms with van der Waals surface area (Å²) in [7, 11) is 1.86. The van der Waals surface area contributed by atoms with E-state index in [1.165, 1.54) is 55.2 Å². The van der Waals surface area contributed by atoms with Crippen LogP contribution >= 0.6 is 0 Å². The van der Waals surface area contributed by atoms with Crippen LogP contribution in [-0.2, 0) is 40.1 Å². The average Bonchev–Trinajstić information content (AvgIpc) is 3.40. The van der Waals surface area contributed by atoms with Gasteiger partial charge in [0.25, 0.3) is 5.91 Å². The highest BCUT2D eigenvalue weighted by molar-refractivity contribution is 6.02. The SMILES string of the molecule is C=C(CCCC(=O)CCCN(C)C(=O)c1ccccc1C1=c2cc3c4c(c2Cc2cc5c(cc21)C(C)CC(C)(C)N5CC)CCC[N+]=4CCC3)COC(=O)NCCC(=O)N1Cc2ccccc2C#Cc2ccccc21. The van der Waals surface area contributed by atoms with Gasteiger partial charge in [0.15, 0.2) is 0 Å². The van der Waals surface area contributed by atoms with E-state index in [0.717, 1.165) is 86.1 Å². The smallest absolute Gasteiger partial charge is 0.407 e. The fraction of sp³-hybridized carbons (Fsp3) is 0.400. The number of carbonyl (C=O) groups is 4. The van der Waals surface area contributed by atoms with E-state index in [4.69, 9.17) is 4.74 Å². The van der Waals surface area contributed by atoms with Crippen LogP contribution in [0.5, 0.6) is 0 Å². The van der Waals surface area contributed by atoms with Gasteiger partial charge in [-0.2, -0.15) is 0 Å². The molecule has 1 N–H and O–H groups in total. The predicted octanol–water partition coefficient (Wildman–Crippen LogP) is 9.54. The number of ether oxygens (including phenoxy) is 1. The van der Waals surface area contributed by atoms with Crippen molar-refractivity contribution < 1.29 is 23.9 Å². The van der Waals surface area contributed by atoms with Crippen LogP contribution in [-0.4, -0.2) is 80.5 Å². The van der Waals surface area contributed by atoms with Crippen molar-refractivity contribution >= 4 is 40.6 Å². The van der Waals surface area contributed by atoms with Gasteiger partial charge in [0.1, 0.15) is 25.5 Å². The number of alkyl carbamates (subject to hydrolysis) is 1. The Morgan fingerprint density at radius 3 is 2.37 bits per heavy atom. The molecule has 0 radical (unpaired) electrons. The Kier molecular flexibility index (Phi) is 15.0. The van der Waals surface area contributed by atoms with Crippen LogP contribution in [0.3, 0.4) is 0 Å². The van der Waals surface area contributed by atoms with Crippen molar-refractivity contribution in [3.8, 4) is 11.8 Å². The van der Waals surface area contributed by atoms with Crippen LogP contribution in [0.1, 0.15) is 157 Å². The summed E-state index contributed by atoms with van der Waals surface area (Å²) in [6.07, 6.45) is 8.34. The monoisotopic (exact) mass is 1000 g/mol. The molecular weight excluding hydrogens is 931 g/mol. The summed E-state index contributed by atoms with van der Waals surface area (Å²) in [5.41, 5.74) is 16.7. The number of carbonyl (C=O) groups excluding carboxylic acids is 4. The maximum absolute atomic E-state index is 14.7. The molecule has 10 heteroatoms. The summed E-state index contributed by atoms with van der Waals surface area (Å²) in [6.45, 7) is 17.7. The van der Waals surface area contributed by atoms with Crippen LogP contribution in [0.2, 0.25) is 0 Å². The number of benzene rings is 5. The normalized spacial score (nSPS) is 16.5. The molecule has 5 aromatic carbocycles. The van der Waals surface area contributed by atoms with Crippen molar-refractivity contribution in [2.45, 2.75) is 123 Å². The number of hydrogen-bond acceptors (Lipinski definition) is 6. The summed E-state index contributed by atoms with van der Waals surface area (Å²) in [5.74, 6) is 6.79. The van der Waals surface area contributed by atoms with Gasteiger partial charge in [-0.25, -0.2) is 9.37 Å². The molecule has 0 saturated heterocycles. The van der Waals surface area contributed by atoms with Gasteiger partial charge in [-0.05, 0) is 164 Å². The Labute approximate surface area is 443 Å². The number of anilines is 2. The van der Waals surface area contributed by atoms with E-state index in [-0.39, 0.29) is 42.7 Å². The third kappa shape index (κ3) is 10.6. The van der Waals surface area contributed by atoms with Crippen molar-refractivity contribution in [3.63, 3.8) is 0 Å². The van der Waals surface area contributed by atoms with Crippen LogP contribution in [0.25, 0.3) is 5.57 Å². The van der Waals surface area contributed by atoms with Crippen LogP contribution in [0.15, 0.2) is 103 Å². The molecule has 75 heavy (non-hydrogen) atoms. The van der Waals surface area contributed by atoms with E-state index in [2.05, 4.69) is 91.2 Å². The highest BCUT2D eigenvalue weighted by atomic mass is 16.5. The van der Waals surface area contributed by atoms with Crippen LogP contribution < -0.4 is 30.3 Å². The quantitative estimate of drug-likeness (QED) is 0.0589. The molecule has 10 rings (SSSR count). The number of aryl methyl sites for hydroxylation is 1. The van der Waals surface area contributed by atoms with E-state index in [0.29, 0.717) is 62.2 Å². The minimum absolute atomic E-state index is 0.0205. The molecule has 4 heterocycles. The van der Waals surface area contributed by atoms with Crippen molar-refractivity contribution in [2.24, 2.45) is 0 Å². The largest absolute Gasteiger partial charge is 0.445 e. The second-order valence-electron chi connectivity index (χ2n) is 22.0. The Bertz CT molecular complexity index is 3320. The molecule has 10 nitrogen and oxygen atoms in total. The zero-order valence-corrected chi connectivity index (χ0v) is 44.7. The lowest BCUT2D eigenvalue weighted by molar-refractivity contribution is -0.119. The van der Waals surface area contributed by atoms with Gasteiger partial charge in [0.2, 0.25) is 11.3 Å². The predicted molar refractivity (Wildman–Crippen MR) is 299 cm³/mol. The molecule has 5 aliphatic rings. The maximum atomic E-state index is 14.7. The number of amides is 3. The Morgan fingerprint density at radius 2 is 1.55 bits per heavy atom. The fourth-order valence-corrected chi connectivity index (χ4v) is 12.8. The van der Waals surface area contributed by atoms with E-state index >= 15 is 0 Å². The third-order valence-corrected chi connectivity index (χ3v) is 16.4. The van der Waals surface area contributed by atoms with Gasteiger partial charge in [0.05, 0.1) is 12.2 Å². The summed E-state index contributed by atoms with van der Waals surface area (Å²) >= 11 is 0. The van der Waals surface area contributed by atoms with Crippen molar-refractivity contribution in [1.82, 2.24) is 14.8 Å². The van der Waals surface area contributed by atoms with E-state index in [1.807, 2.05) is 67.7 Å². The Hall–Kier alpha value is -7.25. The molecule has 1 unspecified atom stereocenters. The van der Waals surface area contributed by atoms with Gasteiger partial charge in [-0.15, -0.1) is 0 Å². The maximum Gasteiger partial charge on any atom is 0.407 e. The zero-order chi connectivity index (χ0) is 52.4. The number of ketones is 1. The highest BCUT2D eigenvalue weighted by Crippen LogP contribution is 2.47. The molecule has 0 bridgehead atoms. The van der Waals surface area contributed by atoms with Gasteiger partial charge in [-0.3, -0.25) is 14.4 Å². The number of fused-ring (bicyclic) bond motifs is 6. The number of hydrogen-bond donors (Lipinski definition) is 1.